The molecule has 30 heavy (non-hydrogen) atoms. The van der Waals surface area contributed by atoms with E-state index in [1.165, 1.54) is 18.2 Å². The third-order valence-corrected chi connectivity index (χ3v) is 5.72. The third-order valence-electron chi connectivity index (χ3n) is 4.84. The predicted molar refractivity (Wildman–Crippen MR) is 116 cm³/mol. The molecule has 0 spiro atoms. The summed E-state index contributed by atoms with van der Waals surface area (Å²) >= 11 is 17.8. The Balaban J connectivity index is 1.79. The molecule has 0 atom stereocenters. The molecular weight excluding hydrogens is 458 g/mol. The SMILES string of the molecule is Fc1c(Cl)cccc1N1CN(c2cccc(Cl)c2F)CN(c2cccc(Cl)c2F)C1. The van der Waals surface area contributed by atoms with Crippen LogP contribution in [0.15, 0.2) is 54.6 Å². The van der Waals surface area contributed by atoms with Gasteiger partial charge in [0.15, 0.2) is 17.5 Å². The zero-order valence-electron chi connectivity index (χ0n) is 15.4. The van der Waals surface area contributed by atoms with E-state index in [4.69, 9.17) is 34.8 Å². The van der Waals surface area contributed by atoms with Crippen LogP contribution < -0.4 is 14.7 Å². The van der Waals surface area contributed by atoms with Crippen LogP contribution in [0.1, 0.15) is 0 Å². The van der Waals surface area contributed by atoms with Gasteiger partial charge in [0, 0.05) is 0 Å². The highest BCUT2D eigenvalue weighted by atomic mass is 35.5. The highest BCUT2D eigenvalue weighted by Gasteiger charge is 2.29. The molecule has 0 radical (unpaired) electrons. The standard InChI is InChI=1S/C21H15Cl3F3N3/c22-13-4-1-7-16(19(13)25)28-10-29(17-8-2-5-14(23)20(17)26)12-30(11-28)18-9-3-6-15(24)21(18)27/h1-9H,10-12H2. The molecule has 0 N–H and O–H groups in total. The molecule has 1 heterocycles. The van der Waals surface area contributed by atoms with Gasteiger partial charge in [0.2, 0.25) is 0 Å². The fourth-order valence-electron chi connectivity index (χ4n) is 3.42. The normalized spacial score (nSPS) is 14.4. The van der Waals surface area contributed by atoms with Gasteiger partial charge in [-0.3, -0.25) is 0 Å². The Morgan fingerprint density at radius 1 is 0.500 bits per heavy atom. The van der Waals surface area contributed by atoms with Crippen molar-refractivity contribution in [1.29, 1.82) is 0 Å². The second-order valence-corrected chi connectivity index (χ2v) is 7.98. The van der Waals surface area contributed by atoms with Crippen LogP contribution in [0.4, 0.5) is 30.2 Å². The molecule has 0 unspecified atom stereocenters. The quantitative estimate of drug-likeness (QED) is 0.416. The highest BCUT2D eigenvalue weighted by Crippen LogP contribution is 2.34. The molecule has 3 aromatic carbocycles. The lowest BCUT2D eigenvalue weighted by Gasteiger charge is -2.45. The maximum Gasteiger partial charge on any atom is 0.165 e. The third kappa shape index (κ3) is 3.87. The Kier molecular flexibility index (Phi) is 5.91. The molecule has 1 aliphatic heterocycles. The minimum Gasteiger partial charge on any atom is -0.334 e. The smallest absolute Gasteiger partial charge is 0.165 e. The molecule has 9 heteroatoms. The number of rotatable bonds is 3. The number of halogens is 6. The number of hydrogen-bond donors (Lipinski definition) is 0. The number of anilines is 3. The topological polar surface area (TPSA) is 9.72 Å². The number of hydrogen-bond acceptors (Lipinski definition) is 3. The first-order valence-electron chi connectivity index (χ1n) is 8.93. The fourth-order valence-corrected chi connectivity index (χ4v) is 3.93. The molecule has 1 fully saturated rings. The lowest BCUT2D eigenvalue weighted by Crippen LogP contribution is -2.56. The van der Waals surface area contributed by atoms with Gasteiger partial charge in [-0.15, -0.1) is 0 Å². The Labute approximate surface area is 186 Å². The molecule has 156 valence electrons. The van der Waals surface area contributed by atoms with E-state index in [0.29, 0.717) is 0 Å². The van der Waals surface area contributed by atoms with Crippen molar-refractivity contribution in [2.45, 2.75) is 0 Å². The summed E-state index contributed by atoms with van der Waals surface area (Å²) < 4.78 is 44.2. The molecule has 0 aromatic heterocycles. The van der Waals surface area contributed by atoms with Crippen molar-refractivity contribution < 1.29 is 13.2 Å². The van der Waals surface area contributed by atoms with E-state index in [0.717, 1.165) is 0 Å². The maximum absolute atomic E-state index is 14.7. The molecule has 0 bridgehead atoms. The van der Waals surface area contributed by atoms with Crippen LogP contribution in [-0.4, -0.2) is 20.0 Å². The van der Waals surface area contributed by atoms with E-state index >= 15 is 0 Å². The van der Waals surface area contributed by atoms with Crippen molar-refractivity contribution in [2.24, 2.45) is 0 Å². The van der Waals surface area contributed by atoms with Crippen molar-refractivity contribution in [3.05, 3.63) is 87.1 Å². The first-order chi connectivity index (χ1) is 14.4. The Morgan fingerprint density at radius 2 is 0.767 bits per heavy atom. The van der Waals surface area contributed by atoms with Gasteiger partial charge in [-0.1, -0.05) is 53.0 Å². The van der Waals surface area contributed by atoms with Crippen molar-refractivity contribution in [3.63, 3.8) is 0 Å². The Hall–Kier alpha value is -2.28. The lowest BCUT2D eigenvalue weighted by atomic mass is 10.2. The number of benzene rings is 3. The van der Waals surface area contributed by atoms with E-state index < -0.39 is 17.5 Å². The van der Waals surface area contributed by atoms with Gasteiger partial charge in [0.1, 0.15) is 0 Å². The molecule has 3 nitrogen and oxygen atoms in total. The van der Waals surface area contributed by atoms with Crippen LogP contribution >= 0.6 is 34.8 Å². The zero-order valence-corrected chi connectivity index (χ0v) is 17.7. The van der Waals surface area contributed by atoms with Gasteiger partial charge in [-0.05, 0) is 36.4 Å². The summed E-state index contributed by atoms with van der Waals surface area (Å²) in [5.74, 6) is -1.84. The molecule has 0 saturated carbocycles. The first kappa shape index (κ1) is 21.0. The van der Waals surface area contributed by atoms with Crippen molar-refractivity contribution >= 4 is 51.9 Å². The van der Waals surface area contributed by atoms with Crippen molar-refractivity contribution in [1.82, 2.24) is 0 Å². The van der Waals surface area contributed by atoms with Crippen molar-refractivity contribution in [3.8, 4) is 0 Å². The van der Waals surface area contributed by atoms with Gasteiger partial charge >= 0.3 is 0 Å². The summed E-state index contributed by atoms with van der Waals surface area (Å²) in [7, 11) is 0. The Bertz CT molecular complexity index is 954. The largest absolute Gasteiger partial charge is 0.334 e. The van der Waals surface area contributed by atoms with Gasteiger partial charge in [0.25, 0.3) is 0 Å². The van der Waals surface area contributed by atoms with Crippen LogP contribution in [0.3, 0.4) is 0 Å². The fraction of sp³-hybridized carbons (Fsp3) is 0.143. The van der Waals surface area contributed by atoms with Crippen LogP contribution in [0.25, 0.3) is 0 Å². The number of nitrogens with zero attached hydrogens (tertiary/aromatic N) is 3. The minimum absolute atomic E-state index is 0.0426. The molecule has 1 saturated heterocycles. The van der Waals surface area contributed by atoms with Crippen LogP contribution in [0.5, 0.6) is 0 Å². The van der Waals surface area contributed by atoms with Gasteiger partial charge < -0.3 is 14.7 Å². The van der Waals surface area contributed by atoms with Gasteiger partial charge in [-0.25, -0.2) is 13.2 Å². The maximum atomic E-state index is 14.7. The molecule has 3 aromatic rings. The monoisotopic (exact) mass is 471 g/mol. The van der Waals surface area contributed by atoms with E-state index in [2.05, 4.69) is 0 Å². The minimum atomic E-state index is -0.612. The molecule has 0 aliphatic carbocycles. The molecule has 4 rings (SSSR count). The average Bonchev–Trinajstić information content (AvgIpc) is 2.73. The van der Waals surface area contributed by atoms with Crippen LogP contribution in [-0.2, 0) is 0 Å². The second-order valence-electron chi connectivity index (χ2n) is 6.76. The zero-order chi connectivity index (χ0) is 21.4. The van der Waals surface area contributed by atoms with Gasteiger partial charge in [-0.2, -0.15) is 0 Å². The molecule has 0 amide bonds. The van der Waals surface area contributed by atoms with E-state index in [-0.39, 0.29) is 52.1 Å². The lowest BCUT2D eigenvalue weighted by molar-refractivity contribution is 0.552. The first-order valence-corrected chi connectivity index (χ1v) is 10.1. The van der Waals surface area contributed by atoms with Gasteiger partial charge in [0.05, 0.1) is 52.1 Å². The highest BCUT2D eigenvalue weighted by molar-refractivity contribution is 6.31. The summed E-state index contributed by atoms with van der Waals surface area (Å²) in [5.41, 5.74) is 0.631. The summed E-state index contributed by atoms with van der Waals surface area (Å²) in [6.45, 7) is 0.396. The van der Waals surface area contributed by atoms with Crippen LogP contribution in [0.2, 0.25) is 15.1 Å². The summed E-state index contributed by atoms with van der Waals surface area (Å²) in [6.07, 6.45) is 0. The summed E-state index contributed by atoms with van der Waals surface area (Å²) in [5, 5.41) is -0.128. The summed E-state index contributed by atoms with van der Waals surface area (Å²) in [4.78, 5) is 4.89. The Morgan fingerprint density at radius 3 is 1.03 bits per heavy atom. The second kappa shape index (κ2) is 8.46. The average molecular weight is 473 g/mol. The molecular formula is C21H15Cl3F3N3. The van der Waals surface area contributed by atoms with E-state index in [1.54, 1.807) is 51.1 Å². The van der Waals surface area contributed by atoms with Crippen molar-refractivity contribution in [2.75, 3.05) is 34.7 Å². The van der Waals surface area contributed by atoms with E-state index in [1.807, 2.05) is 0 Å². The summed E-state index contributed by atoms with van der Waals surface area (Å²) in [6, 6.07) is 13.8. The molecule has 1 aliphatic rings. The predicted octanol–water partition coefficient (Wildman–Crippen LogP) is 6.77. The van der Waals surface area contributed by atoms with Crippen LogP contribution in [0, 0.1) is 17.5 Å². The van der Waals surface area contributed by atoms with E-state index in [9.17, 15) is 13.2 Å².